The quantitative estimate of drug-likeness (QED) is 0.321. The Kier molecular flexibility index (Phi) is 8.58. The summed E-state index contributed by atoms with van der Waals surface area (Å²) in [6.07, 6.45) is -0.244. The van der Waals surface area contributed by atoms with E-state index in [1.54, 1.807) is 48.5 Å². The van der Waals surface area contributed by atoms with Crippen LogP contribution in [-0.2, 0) is 16.2 Å². The van der Waals surface area contributed by atoms with Gasteiger partial charge in [-0.2, -0.15) is 5.26 Å². The van der Waals surface area contributed by atoms with Crippen LogP contribution in [0, 0.1) is 17.1 Å². The van der Waals surface area contributed by atoms with Gasteiger partial charge in [-0.25, -0.2) is 4.39 Å². The number of carboxylic acids is 1. The molecule has 0 radical (unpaired) electrons. The second kappa shape index (κ2) is 12.0. The van der Waals surface area contributed by atoms with Gasteiger partial charge in [0, 0.05) is 5.56 Å². The lowest BCUT2D eigenvalue weighted by molar-refractivity contribution is -0.137. The van der Waals surface area contributed by atoms with Gasteiger partial charge < -0.3 is 19.4 Å². The van der Waals surface area contributed by atoms with Gasteiger partial charge in [0.1, 0.15) is 43.4 Å². The highest BCUT2D eigenvalue weighted by Gasteiger charge is 2.14. The van der Waals surface area contributed by atoms with E-state index in [1.165, 1.54) is 19.2 Å². The van der Waals surface area contributed by atoms with Crippen molar-refractivity contribution >= 4 is 11.7 Å². The number of nitrogens with zero attached hydrogens (tertiary/aromatic N) is 2. The summed E-state index contributed by atoms with van der Waals surface area (Å²) < 4.78 is 25.0. The topological polar surface area (TPSA) is 101 Å². The lowest BCUT2D eigenvalue weighted by Crippen LogP contribution is -2.13. The molecule has 0 saturated carbocycles. The van der Waals surface area contributed by atoms with E-state index in [4.69, 9.17) is 24.7 Å². The average molecular weight is 462 g/mol. The van der Waals surface area contributed by atoms with Crippen LogP contribution in [0.4, 0.5) is 4.39 Å². The first-order chi connectivity index (χ1) is 16.5. The number of oxime groups is 1. The monoisotopic (exact) mass is 462 g/mol. The van der Waals surface area contributed by atoms with E-state index in [0.29, 0.717) is 34.9 Å². The maximum atomic E-state index is 13.5. The maximum absolute atomic E-state index is 13.5. The molecular weight excluding hydrogens is 439 g/mol. The molecule has 34 heavy (non-hydrogen) atoms. The van der Waals surface area contributed by atoms with Crippen molar-refractivity contribution in [3.05, 3.63) is 95.3 Å². The molecule has 0 aromatic heterocycles. The summed E-state index contributed by atoms with van der Waals surface area (Å²) in [6, 6.07) is 22.2. The number of halogens is 1. The number of rotatable bonds is 11. The fraction of sp³-hybridized carbons (Fsp3) is 0.192. The molecule has 0 amide bonds. The highest BCUT2D eigenvalue weighted by molar-refractivity contribution is 6.01. The average Bonchev–Trinajstić information content (AvgIpc) is 2.84. The number of ether oxygens (including phenoxy) is 2. The molecule has 0 heterocycles. The molecule has 0 fully saturated rings. The summed E-state index contributed by atoms with van der Waals surface area (Å²) >= 11 is 0. The zero-order chi connectivity index (χ0) is 24.3. The molecule has 1 atom stereocenters. The Labute approximate surface area is 196 Å². The predicted molar refractivity (Wildman–Crippen MR) is 123 cm³/mol. The molecule has 0 saturated heterocycles. The Morgan fingerprint density at radius 1 is 1.06 bits per heavy atom. The largest absolute Gasteiger partial charge is 0.489 e. The molecule has 3 rings (SSSR count). The number of hydrogen-bond donors (Lipinski definition) is 1. The Morgan fingerprint density at radius 2 is 1.74 bits per heavy atom. The van der Waals surface area contributed by atoms with Gasteiger partial charge in [-0.1, -0.05) is 41.6 Å². The molecule has 0 spiro atoms. The van der Waals surface area contributed by atoms with Gasteiger partial charge in [0.25, 0.3) is 0 Å². The molecule has 174 valence electrons. The van der Waals surface area contributed by atoms with Crippen molar-refractivity contribution < 1.29 is 28.6 Å². The van der Waals surface area contributed by atoms with Crippen LogP contribution in [0.3, 0.4) is 0 Å². The van der Waals surface area contributed by atoms with E-state index in [2.05, 4.69) is 5.16 Å². The van der Waals surface area contributed by atoms with E-state index in [9.17, 15) is 9.18 Å². The smallest absolute Gasteiger partial charge is 0.305 e. The van der Waals surface area contributed by atoms with Crippen molar-refractivity contribution in [3.8, 4) is 17.6 Å². The number of benzene rings is 3. The maximum Gasteiger partial charge on any atom is 0.305 e. The molecule has 1 unspecified atom stereocenters. The van der Waals surface area contributed by atoms with Gasteiger partial charge in [0.2, 0.25) is 0 Å². The summed E-state index contributed by atoms with van der Waals surface area (Å²) in [5, 5.41) is 22.0. The highest BCUT2D eigenvalue weighted by Crippen LogP contribution is 2.23. The molecule has 0 aliphatic heterocycles. The minimum absolute atomic E-state index is 0.102. The van der Waals surface area contributed by atoms with E-state index in [0.717, 1.165) is 5.56 Å². The summed E-state index contributed by atoms with van der Waals surface area (Å²) in [5.74, 6) is -0.878. The van der Waals surface area contributed by atoms with Gasteiger partial charge in [-0.05, 0) is 47.5 Å². The zero-order valence-electron chi connectivity index (χ0n) is 18.5. The summed E-state index contributed by atoms with van der Waals surface area (Å²) in [4.78, 5) is 15.7. The second-order valence-electron chi connectivity index (χ2n) is 7.30. The predicted octanol–water partition coefficient (Wildman–Crippen LogP) is 4.92. The molecule has 3 aromatic carbocycles. The van der Waals surface area contributed by atoms with Crippen molar-refractivity contribution in [2.24, 2.45) is 5.16 Å². The number of nitriles is 1. The first-order valence-electron chi connectivity index (χ1n) is 10.4. The SMILES string of the molecule is CO/N=C(\COc1ccc(COc2ccc(C(C#N)CC(=O)O)cc2)cc1)c1cccc(F)c1. The molecule has 0 aliphatic rings. The third kappa shape index (κ3) is 7.07. The molecule has 8 heteroatoms. The van der Waals surface area contributed by atoms with Gasteiger partial charge in [-0.15, -0.1) is 0 Å². The van der Waals surface area contributed by atoms with E-state index in [1.807, 2.05) is 18.2 Å². The summed E-state index contributed by atoms with van der Waals surface area (Å²) in [7, 11) is 1.42. The second-order valence-corrected chi connectivity index (χ2v) is 7.30. The van der Waals surface area contributed by atoms with Gasteiger partial charge in [-0.3, -0.25) is 4.79 Å². The minimum Gasteiger partial charge on any atom is -0.489 e. The van der Waals surface area contributed by atoms with Gasteiger partial charge in [0.15, 0.2) is 0 Å². The standard InChI is InChI=1S/C26H23FN2O5/c1-32-29-25(20-3-2-4-22(27)13-20)17-34-23-9-5-18(6-10-23)16-33-24-11-7-19(8-12-24)21(15-28)14-26(30)31/h2-13,21H,14,16-17H2,1H3,(H,30,31)/b29-25+. The minimum atomic E-state index is -1.02. The lowest BCUT2D eigenvalue weighted by atomic mass is 9.97. The molecule has 0 bridgehead atoms. The number of hydrogen-bond acceptors (Lipinski definition) is 6. The first-order valence-corrected chi connectivity index (χ1v) is 10.4. The number of aliphatic carboxylic acids is 1. The zero-order valence-corrected chi connectivity index (χ0v) is 18.5. The van der Waals surface area contributed by atoms with Crippen LogP contribution in [0.15, 0.2) is 78.0 Å². The van der Waals surface area contributed by atoms with Crippen molar-refractivity contribution in [1.82, 2.24) is 0 Å². The Morgan fingerprint density at radius 3 is 2.35 bits per heavy atom. The Balaban J connectivity index is 1.54. The molecule has 3 aromatic rings. The fourth-order valence-corrected chi connectivity index (χ4v) is 3.15. The molecular formula is C26H23FN2O5. The molecule has 1 N–H and O–H groups in total. The van der Waals surface area contributed by atoms with Crippen molar-refractivity contribution in [2.75, 3.05) is 13.7 Å². The first kappa shape index (κ1) is 24.3. The molecule has 0 aliphatic carbocycles. The van der Waals surface area contributed by atoms with Crippen molar-refractivity contribution in [2.45, 2.75) is 18.9 Å². The van der Waals surface area contributed by atoms with E-state index < -0.39 is 11.9 Å². The third-order valence-corrected chi connectivity index (χ3v) is 4.88. The number of carboxylic acid groups (broad SMARTS) is 1. The van der Waals surface area contributed by atoms with Crippen LogP contribution in [-0.4, -0.2) is 30.5 Å². The van der Waals surface area contributed by atoms with Crippen LogP contribution in [0.5, 0.6) is 11.5 Å². The molecule has 7 nitrogen and oxygen atoms in total. The van der Waals surface area contributed by atoms with E-state index >= 15 is 0 Å². The summed E-state index contributed by atoms with van der Waals surface area (Å²) in [5.41, 5.74) is 2.57. The Hall–Kier alpha value is -4.38. The van der Waals surface area contributed by atoms with Crippen LogP contribution in [0.2, 0.25) is 0 Å². The van der Waals surface area contributed by atoms with Crippen molar-refractivity contribution in [3.63, 3.8) is 0 Å². The van der Waals surface area contributed by atoms with Crippen LogP contribution >= 0.6 is 0 Å². The number of carbonyl (C=O) groups is 1. The van der Waals surface area contributed by atoms with Crippen LogP contribution < -0.4 is 9.47 Å². The third-order valence-electron chi connectivity index (χ3n) is 4.88. The van der Waals surface area contributed by atoms with Crippen LogP contribution in [0.1, 0.15) is 29.0 Å². The normalized spacial score (nSPS) is 11.9. The summed E-state index contributed by atoms with van der Waals surface area (Å²) in [6.45, 7) is 0.418. The Bertz CT molecular complexity index is 1170. The van der Waals surface area contributed by atoms with Crippen molar-refractivity contribution in [1.29, 1.82) is 5.26 Å². The van der Waals surface area contributed by atoms with Gasteiger partial charge in [0.05, 0.1) is 18.4 Å². The van der Waals surface area contributed by atoms with Crippen LogP contribution in [0.25, 0.3) is 0 Å². The highest BCUT2D eigenvalue weighted by atomic mass is 19.1. The lowest BCUT2D eigenvalue weighted by Gasteiger charge is -2.11. The fourth-order valence-electron chi connectivity index (χ4n) is 3.15. The van der Waals surface area contributed by atoms with E-state index in [-0.39, 0.29) is 18.8 Å². The van der Waals surface area contributed by atoms with Gasteiger partial charge >= 0.3 is 5.97 Å².